The van der Waals surface area contributed by atoms with Crippen LogP contribution in [0.5, 0.6) is 0 Å². The molecule has 0 aromatic carbocycles. The average molecular weight is 497 g/mol. The molecule has 0 radical (unpaired) electrons. The molecule has 2 N–H and O–H groups in total. The zero-order chi connectivity index (χ0) is 24.0. The van der Waals surface area contributed by atoms with Gasteiger partial charge in [-0.05, 0) is 6.42 Å². The van der Waals surface area contributed by atoms with Gasteiger partial charge in [-0.25, -0.2) is 9.78 Å². The molecule has 0 unspecified atom stereocenters. The summed E-state index contributed by atoms with van der Waals surface area (Å²) in [5.41, 5.74) is 1.93. The van der Waals surface area contributed by atoms with Gasteiger partial charge in [0.25, 0.3) is 11.8 Å². The number of aliphatic carboxylic acids is 1. The molecule has 2 aliphatic heterocycles. The van der Waals surface area contributed by atoms with Crippen LogP contribution in [0.15, 0.2) is 27.3 Å². The van der Waals surface area contributed by atoms with Crippen molar-refractivity contribution >= 4 is 52.6 Å². The van der Waals surface area contributed by atoms with E-state index in [0.717, 1.165) is 24.2 Å². The number of rotatable bonds is 11. The molecule has 0 saturated carbocycles. The van der Waals surface area contributed by atoms with Gasteiger partial charge in [0.1, 0.15) is 36.0 Å². The summed E-state index contributed by atoms with van der Waals surface area (Å²) in [7, 11) is 0. The van der Waals surface area contributed by atoms with E-state index in [1.165, 1.54) is 30.0 Å². The van der Waals surface area contributed by atoms with E-state index in [1.807, 2.05) is 0 Å². The highest BCUT2D eigenvalue weighted by Gasteiger charge is 2.54. The van der Waals surface area contributed by atoms with Gasteiger partial charge in [-0.3, -0.25) is 19.3 Å². The molecular weight excluding hydrogens is 472 g/mol. The van der Waals surface area contributed by atoms with E-state index >= 15 is 0 Å². The first-order chi connectivity index (χ1) is 15.8. The number of nitrogens with one attached hydrogen (secondary N) is 1. The number of oxime groups is 1. The van der Waals surface area contributed by atoms with Gasteiger partial charge in [-0.1, -0.05) is 24.9 Å². The summed E-state index contributed by atoms with van der Waals surface area (Å²) in [6, 6.07) is -0.934. The van der Waals surface area contributed by atoms with E-state index < -0.39 is 35.2 Å². The lowest BCUT2D eigenvalue weighted by Gasteiger charge is -2.49. The van der Waals surface area contributed by atoms with Gasteiger partial charge < -0.3 is 20.0 Å². The SMILES string of the molecule is CCCCCON=C(C(=O)N[C@@H]1C(=O)N2C(C(=O)O)=C(COC(C)=O)CS[C@H]12)c1cscn1. The van der Waals surface area contributed by atoms with E-state index in [0.29, 0.717) is 17.9 Å². The number of carboxylic acid groups (broad SMARTS) is 1. The highest BCUT2D eigenvalue weighted by molar-refractivity contribution is 8.00. The molecule has 1 aromatic rings. The van der Waals surface area contributed by atoms with Crippen molar-refractivity contribution in [1.82, 2.24) is 15.2 Å². The van der Waals surface area contributed by atoms with E-state index in [9.17, 15) is 24.3 Å². The molecule has 0 bridgehead atoms. The molecule has 3 heterocycles. The fourth-order valence-corrected chi connectivity index (χ4v) is 5.12. The summed E-state index contributed by atoms with van der Waals surface area (Å²) in [5.74, 6) is -2.82. The van der Waals surface area contributed by atoms with E-state index in [2.05, 4.69) is 22.4 Å². The van der Waals surface area contributed by atoms with Gasteiger partial charge in [-0.15, -0.1) is 23.1 Å². The van der Waals surface area contributed by atoms with Gasteiger partial charge in [0, 0.05) is 23.6 Å². The Morgan fingerprint density at radius 3 is 2.79 bits per heavy atom. The number of nitrogens with zero attached hydrogens (tertiary/aromatic N) is 3. The molecule has 1 fully saturated rings. The average Bonchev–Trinajstić information content (AvgIpc) is 3.31. The van der Waals surface area contributed by atoms with Crippen LogP contribution in [0.1, 0.15) is 38.8 Å². The minimum atomic E-state index is -1.30. The van der Waals surface area contributed by atoms with Crippen LogP contribution in [0.25, 0.3) is 0 Å². The highest BCUT2D eigenvalue weighted by atomic mass is 32.2. The van der Waals surface area contributed by atoms with Crippen molar-refractivity contribution in [2.45, 2.75) is 44.5 Å². The summed E-state index contributed by atoms with van der Waals surface area (Å²) >= 11 is 2.56. The van der Waals surface area contributed by atoms with Crippen molar-refractivity contribution in [2.75, 3.05) is 19.0 Å². The molecule has 1 saturated heterocycles. The smallest absolute Gasteiger partial charge is 0.352 e. The fourth-order valence-electron chi connectivity index (χ4n) is 3.25. The number of hydrogen-bond donors (Lipinski definition) is 2. The van der Waals surface area contributed by atoms with Crippen molar-refractivity contribution in [3.63, 3.8) is 0 Å². The van der Waals surface area contributed by atoms with Gasteiger partial charge >= 0.3 is 11.9 Å². The number of thiazole rings is 1. The lowest BCUT2D eigenvalue weighted by molar-refractivity contribution is -0.150. The Kier molecular flexibility index (Phi) is 8.44. The third-order valence-corrected chi connectivity index (χ3v) is 6.80. The first-order valence-corrected chi connectivity index (χ1v) is 12.3. The number of unbranched alkanes of at least 4 members (excludes halogenated alkanes) is 2. The number of ether oxygens (including phenoxy) is 1. The molecule has 13 heteroatoms. The Bertz CT molecular complexity index is 977. The molecule has 0 aliphatic carbocycles. The van der Waals surface area contributed by atoms with Gasteiger partial charge in [0.05, 0.1) is 5.51 Å². The normalized spacial score (nSPS) is 20.1. The molecule has 178 valence electrons. The zero-order valence-electron chi connectivity index (χ0n) is 18.1. The maximum Gasteiger partial charge on any atom is 0.352 e. The molecule has 33 heavy (non-hydrogen) atoms. The highest BCUT2D eigenvalue weighted by Crippen LogP contribution is 2.40. The predicted molar refractivity (Wildman–Crippen MR) is 120 cm³/mol. The number of fused-ring (bicyclic) bond motifs is 1. The topological polar surface area (TPSA) is 147 Å². The number of aromatic nitrogens is 1. The Hall–Kier alpha value is -2.93. The molecular formula is C20H24N4O7S2. The molecule has 1 aromatic heterocycles. The van der Waals surface area contributed by atoms with Crippen LogP contribution < -0.4 is 5.32 Å². The standard InChI is InChI=1S/C20H24N4O7S2/c1-3-4-5-6-31-23-14(13-9-32-10-21-13)17(26)22-15-18(27)24-16(20(28)29)12(7-30-11(2)25)8-33-19(15)24/h9-10,15,19H,3-8H2,1-2H3,(H,22,26)(H,28,29)/t15-,19-/m1/s1. The second-order valence-electron chi connectivity index (χ2n) is 7.25. The number of esters is 1. The zero-order valence-corrected chi connectivity index (χ0v) is 19.7. The molecule has 11 nitrogen and oxygen atoms in total. The third-order valence-electron chi connectivity index (χ3n) is 4.87. The first-order valence-electron chi connectivity index (χ1n) is 10.3. The monoisotopic (exact) mass is 496 g/mol. The quantitative estimate of drug-likeness (QED) is 0.152. The fraction of sp³-hybridized carbons (Fsp3) is 0.500. The molecule has 0 spiro atoms. The minimum absolute atomic E-state index is 0.0515. The minimum Gasteiger partial charge on any atom is -0.477 e. The summed E-state index contributed by atoms with van der Waals surface area (Å²) in [5, 5.41) is 17.2. The second kappa shape index (κ2) is 11.3. The number of thioether (sulfide) groups is 1. The number of hydrogen-bond acceptors (Lipinski definition) is 10. The molecule has 2 atom stereocenters. The number of carbonyl (C=O) groups is 4. The van der Waals surface area contributed by atoms with Crippen molar-refractivity contribution in [3.8, 4) is 0 Å². The third kappa shape index (κ3) is 5.71. The van der Waals surface area contributed by atoms with Gasteiger partial charge in [-0.2, -0.15) is 0 Å². The van der Waals surface area contributed by atoms with Crippen molar-refractivity contribution < 1.29 is 33.9 Å². The Morgan fingerprint density at radius 2 is 2.15 bits per heavy atom. The summed E-state index contributed by atoms with van der Waals surface area (Å²) in [6.07, 6.45) is 2.78. The second-order valence-corrected chi connectivity index (χ2v) is 9.08. The number of β-lactam (4-membered cyclic amide) rings is 1. The maximum absolute atomic E-state index is 12.9. The summed E-state index contributed by atoms with van der Waals surface area (Å²) in [6.45, 7) is 3.41. The Morgan fingerprint density at radius 1 is 1.36 bits per heavy atom. The molecule has 2 aliphatic rings. The molecule has 3 rings (SSSR count). The van der Waals surface area contributed by atoms with E-state index in [4.69, 9.17) is 9.57 Å². The van der Waals surface area contributed by atoms with Crippen LogP contribution in [0.4, 0.5) is 0 Å². The van der Waals surface area contributed by atoms with Crippen LogP contribution in [-0.4, -0.2) is 74.8 Å². The van der Waals surface area contributed by atoms with Crippen molar-refractivity contribution in [1.29, 1.82) is 0 Å². The van der Waals surface area contributed by atoms with E-state index in [-0.39, 0.29) is 23.8 Å². The molecule has 2 amide bonds. The number of amides is 2. The number of carboxylic acids is 1. The summed E-state index contributed by atoms with van der Waals surface area (Å²) in [4.78, 5) is 59.1. The van der Waals surface area contributed by atoms with Crippen LogP contribution in [-0.2, 0) is 28.8 Å². The van der Waals surface area contributed by atoms with Crippen LogP contribution >= 0.6 is 23.1 Å². The van der Waals surface area contributed by atoms with Crippen molar-refractivity contribution in [3.05, 3.63) is 27.9 Å². The largest absolute Gasteiger partial charge is 0.477 e. The van der Waals surface area contributed by atoms with Gasteiger partial charge in [0.15, 0.2) is 5.71 Å². The first kappa shape index (κ1) is 24.7. The Balaban J connectivity index is 1.71. The number of carbonyl (C=O) groups excluding carboxylic acids is 3. The van der Waals surface area contributed by atoms with Crippen LogP contribution in [0.3, 0.4) is 0 Å². The van der Waals surface area contributed by atoms with Crippen LogP contribution in [0, 0.1) is 0 Å². The lowest BCUT2D eigenvalue weighted by Crippen LogP contribution is -2.71. The summed E-state index contributed by atoms with van der Waals surface area (Å²) < 4.78 is 4.91. The van der Waals surface area contributed by atoms with Gasteiger partial charge in [0.2, 0.25) is 0 Å². The van der Waals surface area contributed by atoms with Crippen LogP contribution in [0.2, 0.25) is 0 Å². The van der Waals surface area contributed by atoms with Crippen molar-refractivity contribution in [2.24, 2.45) is 5.16 Å². The Labute approximate surface area is 198 Å². The predicted octanol–water partition coefficient (Wildman–Crippen LogP) is 1.36. The lowest BCUT2D eigenvalue weighted by atomic mass is 10.0. The van der Waals surface area contributed by atoms with E-state index in [1.54, 1.807) is 10.9 Å². The maximum atomic E-state index is 12.9.